The van der Waals surface area contributed by atoms with E-state index in [1.165, 1.54) is 36.4 Å². The number of non-ortho nitro benzene ring substituents is 1. The quantitative estimate of drug-likeness (QED) is 0.617. The van der Waals surface area contributed by atoms with Gasteiger partial charge in [0.2, 0.25) is 0 Å². The second-order valence-corrected chi connectivity index (χ2v) is 6.23. The summed E-state index contributed by atoms with van der Waals surface area (Å²) >= 11 is 3.20. The van der Waals surface area contributed by atoms with E-state index in [1.54, 1.807) is 6.07 Å². The van der Waals surface area contributed by atoms with Crippen LogP contribution in [0.15, 0.2) is 51.8 Å². The maximum absolute atomic E-state index is 13.5. The van der Waals surface area contributed by atoms with Gasteiger partial charge in [0.25, 0.3) is 5.69 Å². The average molecular weight is 358 g/mol. The lowest BCUT2D eigenvalue weighted by Crippen LogP contribution is -2.00. The molecule has 0 aliphatic heterocycles. The smallest absolute Gasteiger partial charge is 0.258 e. The van der Waals surface area contributed by atoms with E-state index >= 15 is 0 Å². The highest BCUT2D eigenvalue weighted by molar-refractivity contribution is 9.10. The van der Waals surface area contributed by atoms with E-state index in [9.17, 15) is 18.7 Å². The topological polar surface area (TPSA) is 60.2 Å². The van der Waals surface area contributed by atoms with Crippen molar-refractivity contribution in [2.45, 2.75) is 10.6 Å². The molecule has 0 N–H and O–H groups in total. The molecule has 104 valence electrons. The van der Waals surface area contributed by atoms with Gasteiger partial charge in [-0.1, -0.05) is 34.1 Å². The van der Waals surface area contributed by atoms with Crippen LogP contribution in [0, 0.1) is 15.9 Å². The lowest BCUT2D eigenvalue weighted by molar-refractivity contribution is -0.384. The van der Waals surface area contributed by atoms with E-state index < -0.39 is 21.5 Å². The van der Waals surface area contributed by atoms with Crippen molar-refractivity contribution in [1.82, 2.24) is 0 Å². The summed E-state index contributed by atoms with van der Waals surface area (Å²) in [5.74, 6) is -0.441. The molecule has 2 aromatic rings. The minimum atomic E-state index is -1.55. The van der Waals surface area contributed by atoms with Gasteiger partial charge in [-0.15, -0.1) is 0 Å². The molecule has 0 saturated carbocycles. The summed E-state index contributed by atoms with van der Waals surface area (Å²) in [6.45, 7) is 0. The Kier molecular flexibility index (Phi) is 4.61. The van der Waals surface area contributed by atoms with E-state index in [2.05, 4.69) is 15.9 Å². The van der Waals surface area contributed by atoms with Crippen LogP contribution in [-0.4, -0.2) is 9.13 Å². The summed E-state index contributed by atoms with van der Waals surface area (Å²) in [7, 11) is -1.55. The van der Waals surface area contributed by atoms with Crippen LogP contribution in [-0.2, 0) is 16.6 Å². The Morgan fingerprint density at radius 1 is 1.25 bits per heavy atom. The Labute approximate surface area is 125 Å². The van der Waals surface area contributed by atoms with Crippen LogP contribution in [0.5, 0.6) is 0 Å². The van der Waals surface area contributed by atoms with Crippen LogP contribution >= 0.6 is 15.9 Å². The van der Waals surface area contributed by atoms with Crippen molar-refractivity contribution in [3.8, 4) is 0 Å². The zero-order valence-electron chi connectivity index (χ0n) is 10.1. The highest BCUT2D eigenvalue weighted by Gasteiger charge is 2.14. The molecule has 4 nitrogen and oxygen atoms in total. The highest BCUT2D eigenvalue weighted by Crippen LogP contribution is 2.25. The van der Waals surface area contributed by atoms with Gasteiger partial charge >= 0.3 is 0 Å². The fourth-order valence-electron chi connectivity index (χ4n) is 1.62. The van der Waals surface area contributed by atoms with Crippen LogP contribution in [0.2, 0.25) is 0 Å². The van der Waals surface area contributed by atoms with E-state index in [4.69, 9.17) is 0 Å². The number of nitrogens with zero attached hydrogens (tertiary/aromatic N) is 1. The number of halogens is 2. The van der Waals surface area contributed by atoms with Crippen molar-refractivity contribution in [2.75, 3.05) is 0 Å². The molecule has 2 rings (SSSR count). The molecule has 0 radical (unpaired) electrons. The SMILES string of the molecule is O=[N+]([O-])c1ccc(CS(=O)c2ccccc2F)c(Br)c1. The van der Waals surface area contributed by atoms with E-state index in [0.29, 0.717) is 10.0 Å². The first-order valence-electron chi connectivity index (χ1n) is 5.55. The maximum Gasteiger partial charge on any atom is 0.270 e. The molecule has 2 aromatic carbocycles. The molecule has 0 spiro atoms. The molecule has 0 bridgehead atoms. The van der Waals surface area contributed by atoms with Crippen molar-refractivity contribution in [1.29, 1.82) is 0 Å². The predicted molar refractivity (Wildman–Crippen MR) is 77.3 cm³/mol. The van der Waals surface area contributed by atoms with Gasteiger partial charge in [-0.2, -0.15) is 0 Å². The zero-order chi connectivity index (χ0) is 14.7. The standard InChI is InChI=1S/C13H9BrFNO3S/c14-11-7-10(16(17)18)6-5-9(11)8-20(19)13-4-2-1-3-12(13)15/h1-7H,8H2. The fourth-order valence-corrected chi connectivity index (χ4v) is 3.51. The number of hydrogen-bond acceptors (Lipinski definition) is 3. The zero-order valence-corrected chi connectivity index (χ0v) is 12.5. The van der Waals surface area contributed by atoms with Gasteiger partial charge in [0, 0.05) is 16.6 Å². The second kappa shape index (κ2) is 6.23. The number of nitro groups is 1. The van der Waals surface area contributed by atoms with Gasteiger partial charge in [0.15, 0.2) is 0 Å². The number of rotatable bonds is 4. The molecule has 1 atom stereocenters. The van der Waals surface area contributed by atoms with Gasteiger partial charge in [0.05, 0.1) is 26.4 Å². The summed E-state index contributed by atoms with van der Waals surface area (Å²) in [6.07, 6.45) is 0. The Morgan fingerprint density at radius 3 is 2.55 bits per heavy atom. The van der Waals surface area contributed by atoms with Crippen LogP contribution in [0.3, 0.4) is 0 Å². The molecule has 0 fully saturated rings. The molecule has 7 heteroatoms. The van der Waals surface area contributed by atoms with Gasteiger partial charge < -0.3 is 0 Å². The molecule has 0 aliphatic rings. The Hall–Kier alpha value is -1.60. The lowest BCUT2D eigenvalue weighted by atomic mass is 10.2. The molecule has 0 heterocycles. The third-order valence-corrected chi connectivity index (χ3v) is 4.75. The Morgan fingerprint density at radius 2 is 1.95 bits per heavy atom. The monoisotopic (exact) mass is 357 g/mol. The summed E-state index contributed by atoms with van der Waals surface area (Å²) < 4.78 is 26.1. The van der Waals surface area contributed by atoms with Crippen molar-refractivity contribution >= 4 is 32.4 Å². The minimum absolute atomic E-state index is 0.0581. The highest BCUT2D eigenvalue weighted by atomic mass is 79.9. The first-order valence-corrected chi connectivity index (χ1v) is 7.66. The minimum Gasteiger partial charge on any atom is -0.258 e. The van der Waals surface area contributed by atoms with E-state index in [-0.39, 0.29) is 16.3 Å². The van der Waals surface area contributed by atoms with Crippen LogP contribution in [0.4, 0.5) is 10.1 Å². The molecular weight excluding hydrogens is 349 g/mol. The van der Waals surface area contributed by atoms with Gasteiger partial charge in [-0.05, 0) is 17.7 Å². The second-order valence-electron chi connectivity index (χ2n) is 3.95. The van der Waals surface area contributed by atoms with Gasteiger partial charge in [-0.25, -0.2) is 4.39 Å². The third kappa shape index (κ3) is 3.29. The number of nitro benzene ring substituents is 1. The summed E-state index contributed by atoms with van der Waals surface area (Å²) in [4.78, 5) is 10.2. The maximum atomic E-state index is 13.5. The largest absolute Gasteiger partial charge is 0.270 e. The molecular formula is C13H9BrFNO3S. The fraction of sp³-hybridized carbons (Fsp3) is 0.0769. The first-order chi connectivity index (χ1) is 9.49. The average Bonchev–Trinajstić information content (AvgIpc) is 2.41. The molecule has 1 unspecified atom stereocenters. The number of benzene rings is 2. The van der Waals surface area contributed by atoms with Crippen molar-refractivity contribution < 1.29 is 13.5 Å². The Bertz CT molecular complexity index is 693. The molecule has 0 aromatic heterocycles. The van der Waals surface area contributed by atoms with E-state index in [0.717, 1.165) is 0 Å². The molecule has 0 amide bonds. The van der Waals surface area contributed by atoms with Crippen LogP contribution in [0.25, 0.3) is 0 Å². The summed E-state index contributed by atoms with van der Waals surface area (Å²) in [5.41, 5.74) is 0.564. The number of hydrogen-bond donors (Lipinski definition) is 0. The normalized spacial score (nSPS) is 12.1. The van der Waals surface area contributed by atoms with Crippen molar-refractivity contribution in [2.24, 2.45) is 0 Å². The summed E-state index contributed by atoms with van der Waals surface area (Å²) in [6, 6.07) is 10.0. The Balaban J connectivity index is 2.25. The third-order valence-electron chi connectivity index (χ3n) is 2.62. The summed E-state index contributed by atoms with van der Waals surface area (Å²) in [5, 5.41) is 10.6. The van der Waals surface area contributed by atoms with Crippen LogP contribution < -0.4 is 0 Å². The molecule has 0 aliphatic carbocycles. The molecule has 0 saturated heterocycles. The lowest BCUT2D eigenvalue weighted by Gasteiger charge is -2.06. The van der Waals surface area contributed by atoms with Crippen molar-refractivity contribution in [3.63, 3.8) is 0 Å². The van der Waals surface area contributed by atoms with Crippen LogP contribution in [0.1, 0.15) is 5.56 Å². The molecule has 20 heavy (non-hydrogen) atoms. The van der Waals surface area contributed by atoms with Crippen molar-refractivity contribution in [3.05, 3.63) is 68.4 Å². The van der Waals surface area contributed by atoms with E-state index in [1.807, 2.05) is 0 Å². The predicted octanol–water partition coefficient (Wildman–Crippen LogP) is 3.80. The first kappa shape index (κ1) is 14.8. The van der Waals surface area contributed by atoms with Gasteiger partial charge in [-0.3, -0.25) is 14.3 Å². The van der Waals surface area contributed by atoms with Gasteiger partial charge in [0.1, 0.15) is 5.82 Å².